The van der Waals surface area contributed by atoms with Crippen LogP contribution in [0.3, 0.4) is 0 Å². The van der Waals surface area contributed by atoms with Crippen molar-refractivity contribution in [1.82, 2.24) is 0 Å². The SMILES string of the molecule is CC1CC(CO)=NN1c1ccc(Cl)c(Cl)c1. The van der Waals surface area contributed by atoms with Crippen LogP contribution in [0.1, 0.15) is 13.3 Å². The maximum Gasteiger partial charge on any atom is 0.0832 e. The summed E-state index contributed by atoms with van der Waals surface area (Å²) in [4.78, 5) is 0. The van der Waals surface area contributed by atoms with E-state index in [2.05, 4.69) is 12.0 Å². The van der Waals surface area contributed by atoms with E-state index in [4.69, 9.17) is 28.3 Å². The number of rotatable bonds is 2. The number of hydrazone groups is 1. The van der Waals surface area contributed by atoms with Crippen LogP contribution >= 0.6 is 23.2 Å². The van der Waals surface area contributed by atoms with E-state index in [1.54, 1.807) is 12.1 Å². The lowest BCUT2D eigenvalue weighted by atomic mass is 10.2. The van der Waals surface area contributed by atoms with Crippen LogP contribution in [0.15, 0.2) is 23.3 Å². The second-order valence-electron chi connectivity index (χ2n) is 3.82. The van der Waals surface area contributed by atoms with Crippen LogP contribution in [0.2, 0.25) is 10.0 Å². The molecule has 3 nitrogen and oxygen atoms in total. The molecule has 1 aromatic rings. The number of aliphatic hydroxyl groups is 1. The quantitative estimate of drug-likeness (QED) is 0.886. The van der Waals surface area contributed by atoms with Crippen molar-refractivity contribution in [3.63, 3.8) is 0 Å². The molecule has 1 aliphatic heterocycles. The highest BCUT2D eigenvalue weighted by Crippen LogP contribution is 2.30. The van der Waals surface area contributed by atoms with Crippen molar-refractivity contribution >= 4 is 34.6 Å². The zero-order valence-electron chi connectivity index (χ0n) is 8.82. The van der Waals surface area contributed by atoms with Crippen LogP contribution in [0.25, 0.3) is 0 Å². The summed E-state index contributed by atoms with van der Waals surface area (Å²) >= 11 is 11.8. The first-order chi connectivity index (χ1) is 7.61. The van der Waals surface area contributed by atoms with Gasteiger partial charge in [-0.3, -0.25) is 5.01 Å². The summed E-state index contributed by atoms with van der Waals surface area (Å²) in [6.07, 6.45) is 0.775. The molecule has 0 amide bonds. The Bertz CT molecular complexity index is 434. The highest BCUT2D eigenvalue weighted by Gasteiger charge is 2.23. The summed E-state index contributed by atoms with van der Waals surface area (Å²) in [5.41, 5.74) is 1.68. The molecular formula is C11H12Cl2N2O. The summed E-state index contributed by atoms with van der Waals surface area (Å²) in [6.45, 7) is 2.05. The van der Waals surface area contributed by atoms with Gasteiger partial charge in [0.05, 0.1) is 34.1 Å². The van der Waals surface area contributed by atoms with E-state index in [9.17, 15) is 0 Å². The smallest absolute Gasteiger partial charge is 0.0832 e. The van der Waals surface area contributed by atoms with E-state index < -0.39 is 0 Å². The van der Waals surface area contributed by atoms with Gasteiger partial charge in [0.2, 0.25) is 0 Å². The van der Waals surface area contributed by atoms with Crippen molar-refractivity contribution in [2.24, 2.45) is 5.10 Å². The van der Waals surface area contributed by atoms with Gasteiger partial charge in [0.15, 0.2) is 0 Å². The van der Waals surface area contributed by atoms with Gasteiger partial charge >= 0.3 is 0 Å². The normalized spacial score (nSPS) is 20.1. The minimum atomic E-state index is 0.00214. The largest absolute Gasteiger partial charge is 0.390 e. The van der Waals surface area contributed by atoms with Gasteiger partial charge in [0.25, 0.3) is 0 Å². The predicted octanol–water partition coefficient (Wildman–Crippen LogP) is 2.94. The number of nitrogens with zero attached hydrogens (tertiary/aromatic N) is 2. The first-order valence-corrected chi connectivity index (χ1v) is 5.79. The zero-order chi connectivity index (χ0) is 11.7. The maximum absolute atomic E-state index is 9.04. The summed E-state index contributed by atoms with van der Waals surface area (Å²) in [5, 5.41) is 16.3. The van der Waals surface area contributed by atoms with E-state index in [-0.39, 0.29) is 12.6 Å². The fraction of sp³-hybridized carbons (Fsp3) is 0.364. The fourth-order valence-electron chi connectivity index (χ4n) is 1.76. The Labute approximate surface area is 104 Å². The van der Waals surface area contributed by atoms with E-state index in [1.807, 2.05) is 11.1 Å². The molecule has 0 fully saturated rings. The van der Waals surface area contributed by atoms with Crippen LogP contribution < -0.4 is 5.01 Å². The molecule has 0 bridgehead atoms. The molecule has 1 unspecified atom stereocenters. The second kappa shape index (κ2) is 4.62. The standard InChI is InChI=1S/C11H12Cl2N2O/c1-7-4-8(6-16)14-15(7)9-2-3-10(12)11(13)5-9/h2-3,5,7,16H,4,6H2,1H3. The van der Waals surface area contributed by atoms with E-state index in [0.29, 0.717) is 10.0 Å². The maximum atomic E-state index is 9.04. The van der Waals surface area contributed by atoms with Crippen molar-refractivity contribution in [3.05, 3.63) is 28.2 Å². The third-order valence-electron chi connectivity index (χ3n) is 2.55. The molecule has 1 heterocycles. The van der Waals surface area contributed by atoms with Crippen molar-refractivity contribution in [2.75, 3.05) is 11.6 Å². The van der Waals surface area contributed by atoms with Gasteiger partial charge in [0.1, 0.15) is 0 Å². The highest BCUT2D eigenvalue weighted by atomic mass is 35.5. The van der Waals surface area contributed by atoms with E-state index in [0.717, 1.165) is 17.8 Å². The molecule has 0 saturated carbocycles. The van der Waals surface area contributed by atoms with Gasteiger partial charge in [-0.05, 0) is 25.1 Å². The fourth-order valence-corrected chi connectivity index (χ4v) is 2.05. The number of halogens is 2. The number of benzene rings is 1. The molecule has 1 aliphatic rings. The number of hydrogen-bond donors (Lipinski definition) is 1. The number of anilines is 1. The lowest BCUT2D eigenvalue weighted by Gasteiger charge is -2.20. The van der Waals surface area contributed by atoms with Crippen molar-refractivity contribution in [2.45, 2.75) is 19.4 Å². The molecule has 16 heavy (non-hydrogen) atoms. The van der Waals surface area contributed by atoms with Gasteiger partial charge in [0, 0.05) is 6.42 Å². The monoisotopic (exact) mass is 258 g/mol. The molecule has 5 heteroatoms. The van der Waals surface area contributed by atoms with Crippen molar-refractivity contribution in [1.29, 1.82) is 0 Å². The van der Waals surface area contributed by atoms with Crippen LogP contribution in [0.5, 0.6) is 0 Å². The molecule has 0 spiro atoms. The molecule has 0 radical (unpaired) electrons. The molecule has 2 rings (SSSR count). The minimum Gasteiger partial charge on any atom is -0.390 e. The molecule has 1 atom stereocenters. The molecular weight excluding hydrogens is 247 g/mol. The molecule has 0 aromatic heterocycles. The Hall–Kier alpha value is -0.770. The Balaban J connectivity index is 2.30. The Morgan fingerprint density at radius 1 is 1.44 bits per heavy atom. The average molecular weight is 259 g/mol. The van der Waals surface area contributed by atoms with Crippen LogP contribution in [-0.4, -0.2) is 23.5 Å². The van der Waals surface area contributed by atoms with Crippen molar-refractivity contribution in [3.8, 4) is 0 Å². The zero-order valence-corrected chi connectivity index (χ0v) is 10.3. The Kier molecular flexibility index (Phi) is 3.38. The van der Waals surface area contributed by atoms with E-state index >= 15 is 0 Å². The lowest BCUT2D eigenvalue weighted by Crippen LogP contribution is -2.22. The molecule has 86 valence electrons. The highest BCUT2D eigenvalue weighted by molar-refractivity contribution is 6.42. The minimum absolute atomic E-state index is 0.00214. The molecule has 1 aromatic carbocycles. The van der Waals surface area contributed by atoms with Crippen molar-refractivity contribution < 1.29 is 5.11 Å². The van der Waals surface area contributed by atoms with Gasteiger partial charge in [-0.25, -0.2) is 0 Å². The summed E-state index contributed by atoms with van der Waals surface area (Å²) in [6, 6.07) is 5.64. The van der Waals surface area contributed by atoms with Crippen LogP contribution in [-0.2, 0) is 0 Å². The Morgan fingerprint density at radius 2 is 2.19 bits per heavy atom. The third-order valence-corrected chi connectivity index (χ3v) is 3.29. The third kappa shape index (κ3) is 2.17. The van der Waals surface area contributed by atoms with Gasteiger partial charge < -0.3 is 5.11 Å². The lowest BCUT2D eigenvalue weighted by molar-refractivity contribution is 0.355. The first-order valence-electron chi connectivity index (χ1n) is 5.03. The van der Waals surface area contributed by atoms with E-state index in [1.165, 1.54) is 0 Å². The Morgan fingerprint density at radius 3 is 2.75 bits per heavy atom. The van der Waals surface area contributed by atoms with Gasteiger partial charge in [-0.15, -0.1) is 0 Å². The molecule has 0 saturated heterocycles. The summed E-state index contributed by atoms with van der Waals surface area (Å²) < 4.78 is 0. The average Bonchev–Trinajstić information content (AvgIpc) is 2.64. The molecule has 0 aliphatic carbocycles. The topological polar surface area (TPSA) is 35.8 Å². The number of hydrogen-bond acceptors (Lipinski definition) is 3. The van der Waals surface area contributed by atoms with Gasteiger partial charge in [-0.1, -0.05) is 23.2 Å². The summed E-state index contributed by atoms with van der Waals surface area (Å²) in [5.74, 6) is 0. The number of aliphatic hydroxyl groups excluding tert-OH is 1. The van der Waals surface area contributed by atoms with Gasteiger partial charge in [-0.2, -0.15) is 5.10 Å². The first kappa shape index (κ1) is 11.7. The second-order valence-corrected chi connectivity index (χ2v) is 4.63. The molecule has 1 N–H and O–H groups in total. The van der Waals surface area contributed by atoms with Crippen LogP contribution in [0, 0.1) is 0 Å². The predicted molar refractivity (Wildman–Crippen MR) is 67.5 cm³/mol. The van der Waals surface area contributed by atoms with Crippen LogP contribution in [0.4, 0.5) is 5.69 Å². The summed E-state index contributed by atoms with van der Waals surface area (Å²) in [7, 11) is 0.